The fourth-order valence-corrected chi connectivity index (χ4v) is 2.83. The summed E-state index contributed by atoms with van der Waals surface area (Å²) in [5.41, 5.74) is 7.68. The Morgan fingerprint density at radius 2 is 2.17 bits per heavy atom. The van der Waals surface area contributed by atoms with Crippen molar-refractivity contribution in [2.45, 2.75) is 45.4 Å². The summed E-state index contributed by atoms with van der Waals surface area (Å²) in [7, 11) is 0. The summed E-state index contributed by atoms with van der Waals surface area (Å²) in [4.78, 5) is 30.4. The molecule has 2 amide bonds. The van der Waals surface area contributed by atoms with Crippen LogP contribution in [0.2, 0.25) is 0 Å². The number of nitrogens with two attached hydrogens (primary N) is 1. The molecule has 24 heavy (non-hydrogen) atoms. The lowest BCUT2D eigenvalue weighted by atomic mass is 10.1. The van der Waals surface area contributed by atoms with E-state index in [1.165, 1.54) is 4.90 Å². The van der Waals surface area contributed by atoms with Gasteiger partial charge in [0.1, 0.15) is 0 Å². The number of amides is 2. The van der Waals surface area contributed by atoms with Crippen LogP contribution in [0.25, 0.3) is 11.1 Å². The van der Waals surface area contributed by atoms with Crippen LogP contribution in [0.3, 0.4) is 0 Å². The topological polar surface area (TPSA) is 102 Å². The van der Waals surface area contributed by atoms with E-state index in [0.29, 0.717) is 34.8 Å². The van der Waals surface area contributed by atoms with Gasteiger partial charge < -0.3 is 15.2 Å². The molecule has 128 valence electrons. The highest BCUT2D eigenvalue weighted by Crippen LogP contribution is 2.40. The highest BCUT2D eigenvalue weighted by molar-refractivity contribution is 6.06. The summed E-state index contributed by atoms with van der Waals surface area (Å²) >= 11 is 0. The molecular formula is C17H22N4O3. The van der Waals surface area contributed by atoms with Gasteiger partial charge in [-0.05, 0) is 32.3 Å². The van der Waals surface area contributed by atoms with Crippen LogP contribution in [0.1, 0.15) is 60.3 Å². The molecule has 0 aliphatic heterocycles. The average Bonchev–Trinajstić information content (AvgIpc) is 3.34. The molecule has 1 saturated carbocycles. The zero-order chi connectivity index (χ0) is 17.3. The van der Waals surface area contributed by atoms with Crippen LogP contribution in [0, 0.1) is 6.92 Å². The molecule has 7 heteroatoms. The van der Waals surface area contributed by atoms with Crippen LogP contribution in [0.5, 0.6) is 0 Å². The Bertz CT molecular complexity index is 779. The molecule has 1 aliphatic carbocycles. The zero-order valence-corrected chi connectivity index (χ0v) is 14.0. The monoisotopic (exact) mass is 330 g/mol. The molecule has 0 aromatic carbocycles. The fraction of sp³-hybridized carbons (Fsp3) is 0.529. The third-order valence-corrected chi connectivity index (χ3v) is 4.28. The lowest BCUT2D eigenvalue weighted by Crippen LogP contribution is -2.39. The molecule has 0 unspecified atom stereocenters. The maximum atomic E-state index is 13.1. The maximum absolute atomic E-state index is 13.1. The fourth-order valence-electron chi connectivity index (χ4n) is 2.83. The average molecular weight is 330 g/mol. The van der Waals surface area contributed by atoms with E-state index in [-0.39, 0.29) is 12.5 Å². The van der Waals surface area contributed by atoms with Crippen molar-refractivity contribution in [3.05, 3.63) is 23.0 Å². The van der Waals surface area contributed by atoms with Gasteiger partial charge in [0.15, 0.2) is 0 Å². The van der Waals surface area contributed by atoms with Crippen molar-refractivity contribution >= 4 is 22.9 Å². The summed E-state index contributed by atoms with van der Waals surface area (Å²) in [6.07, 6.45) is 3.87. The molecule has 0 atom stereocenters. The predicted molar refractivity (Wildman–Crippen MR) is 88.5 cm³/mol. The number of carbonyl (C=O) groups is 2. The summed E-state index contributed by atoms with van der Waals surface area (Å²) in [5.74, 6) is -0.358. The molecular weight excluding hydrogens is 308 g/mol. The number of pyridine rings is 1. The van der Waals surface area contributed by atoms with E-state index < -0.39 is 5.91 Å². The Hall–Kier alpha value is -2.44. The number of carbonyl (C=O) groups excluding carboxylic acids is 2. The number of unbranched alkanes of at least 4 members (excludes halogenated alkanes) is 1. The second-order valence-corrected chi connectivity index (χ2v) is 6.36. The summed E-state index contributed by atoms with van der Waals surface area (Å²) < 4.78 is 5.28. The van der Waals surface area contributed by atoms with Gasteiger partial charge in [-0.1, -0.05) is 18.5 Å². The van der Waals surface area contributed by atoms with Gasteiger partial charge in [0, 0.05) is 18.2 Å². The lowest BCUT2D eigenvalue weighted by Gasteiger charge is -2.21. The number of primary amides is 1. The first-order chi connectivity index (χ1) is 11.5. The highest BCUT2D eigenvalue weighted by Gasteiger charge is 2.30. The van der Waals surface area contributed by atoms with Crippen molar-refractivity contribution in [3.8, 4) is 0 Å². The first kappa shape index (κ1) is 16.4. The van der Waals surface area contributed by atoms with Crippen LogP contribution < -0.4 is 5.73 Å². The number of fused-ring (bicyclic) bond motifs is 1. The molecule has 2 N–H and O–H groups in total. The predicted octanol–water partition coefficient (Wildman–Crippen LogP) is 2.14. The molecule has 0 bridgehead atoms. The van der Waals surface area contributed by atoms with Crippen molar-refractivity contribution in [2.75, 3.05) is 13.1 Å². The van der Waals surface area contributed by atoms with Gasteiger partial charge in [0.2, 0.25) is 5.91 Å². The van der Waals surface area contributed by atoms with E-state index in [1.807, 2.05) is 13.0 Å². The van der Waals surface area contributed by atoms with Gasteiger partial charge in [-0.2, -0.15) is 0 Å². The van der Waals surface area contributed by atoms with Crippen LogP contribution in [-0.2, 0) is 4.79 Å². The van der Waals surface area contributed by atoms with Crippen molar-refractivity contribution in [3.63, 3.8) is 0 Å². The number of nitrogens with zero attached hydrogens (tertiary/aromatic N) is 3. The van der Waals surface area contributed by atoms with E-state index in [1.54, 1.807) is 6.92 Å². The minimum Gasteiger partial charge on any atom is -0.368 e. The van der Waals surface area contributed by atoms with Gasteiger partial charge in [-0.15, -0.1) is 0 Å². The van der Waals surface area contributed by atoms with Gasteiger partial charge in [0.25, 0.3) is 11.6 Å². The molecule has 1 aliphatic rings. The second kappa shape index (κ2) is 6.59. The van der Waals surface area contributed by atoms with Gasteiger partial charge in [-0.3, -0.25) is 9.59 Å². The third-order valence-electron chi connectivity index (χ3n) is 4.28. The largest absolute Gasteiger partial charge is 0.368 e. The number of aryl methyl sites for hydroxylation is 1. The molecule has 0 radical (unpaired) electrons. The molecule has 7 nitrogen and oxygen atoms in total. The lowest BCUT2D eigenvalue weighted by molar-refractivity contribution is -0.118. The number of aromatic nitrogens is 2. The smallest absolute Gasteiger partial charge is 0.259 e. The van der Waals surface area contributed by atoms with Crippen molar-refractivity contribution in [1.29, 1.82) is 0 Å². The van der Waals surface area contributed by atoms with E-state index >= 15 is 0 Å². The van der Waals surface area contributed by atoms with Crippen LogP contribution >= 0.6 is 0 Å². The second-order valence-electron chi connectivity index (χ2n) is 6.36. The standard InChI is InChI=1S/C17H22N4O3/c1-3-4-7-21(9-14(18)22)17(23)12-8-13(11-5-6-11)19-16-15(12)10(2)20-24-16/h8,11H,3-7,9H2,1-2H3,(H2,18,22). The van der Waals surface area contributed by atoms with Gasteiger partial charge in [-0.25, -0.2) is 4.98 Å². The van der Waals surface area contributed by atoms with E-state index in [9.17, 15) is 9.59 Å². The Morgan fingerprint density at radius 3 is 2.79 bits per heavy atom. The Balaban J connectivity index is 2.02. The summed E-state index contributed by atoms with van der Waals surface area (Å²) in [5, 5.41) is 4.56. The normalized spacial score (nSPS) is 14.1. The Labute approximate surface area is 140 Å². The number of rotatable bonds is 7. The minimum atomic E-state index is -0.519. The Kier molecular flexibility index (Phi) is 4.51. The first-order valence-electron chi connectivity index (χ1n) is 8.35. The van der Waals surface area contributed by atoms with Crippen molar-refractivity contribution in [2.24, 2.45) is 5.73 Å². The minimum absolute atomic E-state index is 0.0915. The number of hydrogen-bond acceptors (Lipinski definition) is 5. The first-order valence-corrected chi connectivity index (χ1v) is 8.35. The van der Waals surface area contributed by atoms with Gasteiger partial charge in [0.05, 0.1) is 23.2 Å². The molecule has 0 spiro atoms. The molecule has 3 rings (SSSR count). The van der Waals surface area contributed by atoms with Gasteiger partial charge >= 0.3 is 0 Å². The molecule has 2 aromatic heterocycles. The maximum Gasteiger partial charge on any atom is 0.259 e. The van der Waals surface area contributed by atoms with Crippen LogP contribution in [-0.4, -0.2) is 39.9 Å². The molecule has 0 saturated heterocycles. The van der Waals surface area contributed by atoms with E-state index in [4.69, 9.17) is 10.3 Å². The number of hydrogen-bond donors (Lipinski definition) is 1. The quantitative estimate of drug-likeness (QED) is 0.838. The van der Waals surface area contributed by atoms with Crippen molar-refractivity contribution in [1.82, 2.24) is 15.0 Å². The Morgan fingerprint density at radius 1 is 1.42 bits per heavy atom. The van der Waals surface area contributed by atoms with Crippen molar-refractivity contribution < 1.29 is 14.1 Å². The molecule has 2 heterocycles. The molecule has 2 aromatic rings. The van der Waals surface area contributed by atoms with Crippen LogP contribution in [0.15, 0.2) is 10.6 Å². The summed E-state index contributed by atoms with van der Waals surface area (Å²) in [6, 6.07) is 1.83. The van der Waals surface area contributed by atoms with E-state index in [0.717, 1.165) is 31.4 Å². The zero-order valence-electron chi connectivity index (χ0n) is 14.0. The molecule has 1 fully saturated rings. The highest BCUT2D eigenvalue weighted by atomic mass is 16.5. The SMILES string of the molecule is CCCCN(CC(N)=O)C(=O)c1cc(C2CC2)nc2onc(C)c12. The third kappa shape index (κ3) is 3.25. The summed E-state index contributed by atoms with van der Waals surface area (Å²) in [6.45, 7) is 4.22. The van der Waals surface area contributed by atoms with E-state index in [2.05, 4.69) is 10.1 Å². The van der Waals surface area contributed by atoms with Crippen LogP contribution in [0.4, 0.5) is 0 Å².